The van der Waals surface area contributed by atoms with Gasteiger partial charge in [0, 0.05) is 37.1 Å². The monoisotopic (exact) mass is 383 g/mol. The van der Waals surface area contributed by atoms with E-state index in [4.69, 9.17) is 4.74 Å². The van der Waals surface area contributed by atoms with Crippen LogP contribution in [0.15, 0.2) is 30.9 Å². The SMILES string of the molecule is C=CCn1c(C(=O)NCCCN2CCOCC2)c(C)c2cc(C(C)C)ccc21. The zero-order chi connectivity index (χ0) is 20.1. The molecule has 0 radical (unpaired) electrons. The highest BCUT2D eigenvalue weighted by molar-refractivity contribution is 6.01. The first-order chi connectivity index (χ1) is 13.5. The van der Waals surface area contributed by atoms with E-state index in [1.54, 1.807) is 0 Å². The Morgan fingerprint density at radius 2 is 2.07 bits per heavy atom. The summed E-state index contributed by atoms with van der Waals surface area (Å²) >= 11 is 0. The van der Waals surface area contributed by atoms with Gasteiger partial charge >= 0.3 is 0 Å². The van der Waals surface area contributed by atoms with Crippen LogP contribution in [0, 0.1) is 6.92 Å². The number of carbonyl (C=O) groups is 1. The lowest BCUT2D eigenvalue weighted by Gasteiger charge is -2.26. The van der Waals surface area contributed by atoms with Crippen molar-refractivity contribution in [1.29, 1.82) is 0 Å². The molecule has 0 unspecified atom stereocenters. The number of amides is 1. The highest BCUT2D eigenvalue weighted by Crippen LogP contribution is 2.29. The van der Waals surface area contributed by atoms with Crippen LogP contribution < -0.4 is 5.32 Å². The molecule has 1 aromatic heterocycles. The molecule has 0 spiro atoms. The van der Waals surface area contributed by atoms with Crippen molar-refractivity contribution in [3.8, 4) is 0 Å². The Bertz CT molecular complexity index is 832. The van der Waals surface area contributed by atoms with Crippen molar-refractivity contribution < 1.29 is 9.53 Å². The number of carbonyl (C=O) groups excluding carboxylic acids is 1. The molecule has 1 amide bonds. The number of morpholine rings is 1. The standard InChI is InChI=1S/C23H33N3O2/c1-5-10-26-21-8-7-19(17(2)3)16-20(21)18(4)22(26)23(27)24-9-6-11-25-12-14-28-15-13-25/h5,7-8,16-17H,1,6,9-15H2,2-4H3,(H,24,27). The van der Waals surface area contributed by atoms with E-state index in [1.807, 2.05) is 6.08 Å². The summed E-state index contributed by atoms with van der Waals surface area (Å²) < 4.78 is 7.46. The Kier molecular flexibility index (Phi) is 6.92. The van der Waals surface area contributed by atoms with Crippen molar-refractivity contribution in [2.45, 2.75) is 39.7 Å². The number of allylic oxidation sites excluding steroid dienone is 1. The fourth-order valence-electron chi connectivity index (χ4n) is 3.92. The predicted molar refractivity (Wildman–Crippen MR) is 115 cm³/mol. The molecule has 3 rings (SSSR count). The molecule has 1 saturated heterocycles. The molecule has 28 heavy (non-hydrogen) atoms. The van der Waals surface area contributed by atoms with Crippen molar-refractivity contribution in [3.05, 3.63) is 47.7 Å². The Hall–Kier alpha value is -2.11. The molecule has 1 aliphatic rings. The van der Waals surface area contributed by atoms with E-state index in [0.29, 0.717) is 19.0 Å². The molecule has 152 valence electrons. The van der Waals surface area contributed by atoms with Crippen LogP contribution in [0.1, 0.15) is 47.8 Å². The molecule has 5 nitrogen and oxygen atoms in total. The quantitative estimate of drug-likeness (QED) is 0.558. The Morgan fingerprint density at radius 3 is 2.75 bits per heavy atom. The minimum absolute atomic E-state index is 0.00336. The summed E-state index contributed by atoms with van der Waals surface area (Å²) in [6.45, 7) is 16.2. The van der Waals surface area contributed by atoms with Crippen LogP contribution in [-0.2, 0) is 11.3 Å². The third-order valence-electron chi connectivity index (χ3n) is 5.57. The number of aryl methyl sites for hydroxylation is 1. The fourth-order valence-corrected chi connectivity index (χ4v) is 3.92. The second-order valence-corrected chi connectivity index (χ2v) is 7.87. The molecule has 0 aliphatic carbocycles. The van der Waals surface area contributed by atoms with E-state index in [2.05, 4.69) is 60.3 Å². The zero-order valence-electron chi connectivity index (χ0n) is 17.5. The minimum atomic E-state index is 0.00336. The average Bonchev–Trinajstić information content (AvgIpc) is 2.97. The Balaban J connectivity index is 1.74. The summed E-state index contributed by atoms with van der Waals surface area (Å²) in [5.41, 5.74) is 4.19. The molecule has 1 aliphatic heterocycles. The van der Waals surface area contributed by atoms with Gasteiger partial charge in [0.15, 0.2) is 0 Å². The second-order valence-electron chi connectivity index (χ2n) is 7.87. The van der Waals surface area contributed by atoms with Gasteiger partial charge in [0.2, 0.25) is 0 Å². The Morgan fingerprint density at radius 1 is 1.32 bits per heavy atom. The first kappa shape index (κ1) is 20.6. The molecule has 1 fully saturated rings. The van der Waals surface area contributed by atoms with Crippen molar-refractivity contribution in [2.24, 2.45) is 0 Å². The van der Waals surface area contributed by atoms with Crippen LogP contribution in [0.2, 0.25) is 0 Å². The maximum atomic E-state index is 13.0. The summed E-state index contributed by atoms with van der Waals surface area (Å²) in [4.78, 5) is 15.4. The third-order valence-corrected chi connectivity index (χ3v) is 5.57. The Labute approximate surface area is 168 Å². The molecule has 5 heteroatoms. The zero-order valence-corrected chi connectivity index (χ0v) is 17.5. The van der Waals surface area contributed by atoms with Gasteiger partial charge < -0.3 is 14.6 Å². The number of rotatable bonds is 8. The molecule has 0 bridgehead atoms. The summed E-state index contributed by atoms with van der Waals surface area (Å²) in [5.74, 6) is 0.465. The molecule has 1 N–H and O–H groups in total. The van der Waals surface area contributed by atoms with Gasteiger partial charge in [-0.1, -0.05) is 26.0 Å². The highest BCUT2D eigenvalue weighted by atomic mass is 16.5. The topological polar surface area (TPSA) is 46.5 Å². The number of aromatic nitrogens is 1. The van der Waals surface area contributed by atoms with Gasteiger partial charge in [-0.15, -0.1) is 6.58 Å². The van der Waals surface area contributed by atoms with Crippen LogP contribution in [0.5, 0.6) is 0 Å². The van der Waals surface area contributed by atoms with Crippen molar-refractivity contribution in [2.75, 3.05) is 39.4 Å². The third kappa shape index (κ3) is 4.47. The van der Waals surface area contributed by atoms with Crippen LogP contribution in [-0.4, -0.2) is 54.8 Å². The minimum Gasteiger partial charge on any atom is -0.379 e. The van der Waals surface area contributed by atoms with Crippen molar-refractivity contribution in [1.82, 2.24) is 14.8 Å². The number of hydrogen-bond donors (Lipinski definition) is 1. The molecular weight excluding hydrogens is 350 g/mol. The molecule has 1 aromatic carbocycles. The van der Waals surface area contributed by atoms with Gasteiger partial charge in [0.05, 0.1) is 13.2 Å². The normalized spacial score (nSPS) is 15.3. The second kappa shape index (κ2) is 9.39. The number of benzene rings is 1. The lowest BCUT2D eigenvalue weighted by atomic mass is 10.0. The average molecular weight is 384 g/mol. The number of fused-ring (bicyclic) bond motifs is 1. The molecule has 2 aromatic rings. The van der Waals surface area contributed by atoms with Crippen molar-refractivity contribution in [3.63, 3.8) is 0 Å². The van der Waals surface area contributed by atoms with Gasteiger partial charge in [0.1, 0.15) is 5.69 Å². The van der Waals surface area contributed by atoms with Gasteiger partial charge in [-0.05, 0) is 49.1 Å². The number of nitrogens with zero attached hydrogens (tertiary/aromatic N) is 2. The largest absolute Gasteiger partial charge is 0.379 e. The first-order valence-corrected chi connectivity index (χ1v) is 10.3. The van der Waals surface area contributed by atoms with E-state index in [1.165, 1.54) is 5.56 Å². The lowest BCUT2D eigenvalue weighted by molar-refractivity contribution is 0.0374. The van der Waals surface area contributed by atoms with Gasteiger partial charge in [-0.2, -0.15) is 0 Å². The van der Waals surface area contributed by atoms with Crippen molar-refractivity contribution >= 4 is 16.8 Å². The summed E-state index contributed by atoms with van der Waals surface area (Å²) in [6.07, 6.45) is 2.80. The van der Waals surface area contributed by atoms with E-state index < -0.39 is 0 Å². The smallest absolute Gasteiger partial charge is 0.268 e. The summed E-state index contributed by atoms with van der Waals surface area (Å²) in [7, 11) is 0. The van der Waals surface area contributed by atoms with Crippen LogP contribution in [0.3, 0.4) is 0 Å². The predicted octanol–water partition coefficient (Wildman–Crippen LogP) is 3.71. The number of hydrogen-bond acceptors (Lipinski definition) is 3. The highest BCUT2D eigenvalue weighted by Gasteiger charge is 2.20. The van der Waals surface area contributed by atoms with Crippen LogP contribution in [0.25, 0.3) is 10.9 Å². The molecule has 0 atom stereocenters. The molecule has 0 saturated carbocycles. The summed E-state index contributed by atoms with van der Waals surface area (Å²) in [6, 6.07) is 6.52. The lowest BCUT2D eigenvalue weighted by Crippen LogP contribution is -2.38. The van der Waals surface area contributed by atoms with E-state index in [9.17, 15) is 4.79 Å². The number of ether oxygens (including phenoxy) is 1. The van der Waals surface area contributed by atoms with Crippen LogP contribution >= 0.6 is 0 Å². The maximum absolute atomic E-state index is 13.0. The van der Waals surface area contributed by atoms with E-state index in [0.717, 1.165) is 61.4 Å². The van der Waals surface area contributed by atoms with Crippen LogP contribution in [0.4, 0.5) is 0 Å². The molecular formula is C23H33N3O2. The maximum Gasteiger partial charge on any atom is 0.268 e. The number of nitrogens with one attached hydrogen (secondary N) is 1. The van der Waals surface area contributed by atoms with Gasteiger partial charge in [-0.25, -0.2) is 0 Å². The van der Waals surface area contributed by atoms with Gasteiger partial charge in [0.25, 0.3) is 5.91 Å². The first-order valence-electron chi connectivity index (χ1n) is 10.3. The fraction of sp³-hybridized carbons (Fsp3) is 0.522. The summed E-state index contributed by atoms with van der Waals surface area (Å²) in [5, 5.41) is 4.28. The van der Waals surface area contributed by atoms with Gasteiger partial charge in [-0.3, -0.25) is 9.69 Å². The molecule has 2 heterocycles. The van der Waals surface area contributed by atoms with E-state index in [-0.39, 0.29) is 5.91 Å². The van der Waals surface area contributed by atoms with E-state index >= 15 is 0 Å².